The SMILES string of the molecule is CC.CC.CC.Cc1ccc(C2CCCNC2)cc1. The highest BCUT2D eigenvalue weighted by Crippen LogP contribution is 2.22. The Morgan fingerprint density at radius 1 is 0.895 bits per heavy atom. The Bertz CT molecular complexity index is 258. The molecular formula is C18H35N. The molecule has 1 aromatic rings. The van der Waals surface area contributed by atoms with Gasteiger partial charge >= 0.3 is 0 Å². The molecule has 0 aromatic heterocycles. The van der Waals surface area contributed by atoms with Gasteiger partial charge in [-0.3, -0.25) is 0 Å². The summed E-state index contributed by atoms with van der Waals surface area (Å²) in [7, 11) is 0. The van der Waals surface area contributed by atoms with Crippen molar-refractivity contribution in [2.45, 2.75) is 67.2 Å². The van der Waals surface area contributed by atoms with E-state index in [-0.39, 0.29) is 0 Å². The summed E-state index contributed by atoms with van der Waals surface area (Å²) in [4.78, 5) is 0. The van der Waals surface area contributed by atoms with E-state index >= 15 is 0 Å². The van der Waals surface area contributed by atoms with Gasteiger partial charge in [-0.1, -0.05) is 71.4 Å². The minimum absolute atomic E-state index is 0.745. The molecule has 0 spiro atoms. The summed E-state index contributed by atoms with van der Waals surface area (Å²) in [5.74, 6) is 0.745. The van der Waals surface area contributed by atoms with Gasteiger partial charge in [0.2, 0.25) is 0 Å². The molecule has 0 saturated carbocycles. The van der Waals surface area contributed by atoms with Crippen LogP contribution in [-0.4, -0.2) is 13.1 Å². The fourth-order valence-electron chi connectivity index (χ4n) is 1.97. The third-order valence-electron chi connectivity index (χ3n) is 2.85. The Labute approximate surface area is 121 Å². The normalized spacial score (nSPS) is 16.7. The lowest BCUT2D eigenvalue weighted by atomic mass is 9.91. The monoisotopic (exact) mass is 265 g/mol. The van der Waals surface area contributed by atoms with Crippen molar-refractivity contribution in [3.63, 3.8) is 0 Å². The van der Waals surface area contributed by atoms with Gasteiger partial charge in [0.05, 0.1) is 0 Å². The molecular weight excluding hydrogens is 230 g/mol. The minimum Gasteiger partial charge on any atom is -0.316 e. The van der Waals surface area contributed by atoms with Crippen molar-refractivity contribution in [3.05, 3.63) is 35.4 Å². The van der Waals surface area contributed by atoms with Gasteiger partial charge in [-0.25, -0.2) is 0 Å². The fourth-order valence-corrected chi connectivity index (χ4v) is 1.97. The highest BCUT2D eigenvalue weighted by molar-refractivity contribution is 5.25. The van der Waals surface area contributed by atoms with Crippen molar-refractivity contribution in [2.75, 3.05) is 13.1 Å². The summed E-state index contributed by atoms with van der Waals surface area (Å²) >= 11 is 0. The number of aryl methyl sites for hydroxylation is 1. The summed E-state index contributed by atoms with van der Waals surface area (Å²) in [5.41, 5.74) is 2.85. The molecule has 0 aliphatic carbocycles. The Kier molecular flexibility index (Phi) is 16.4. The first-order valence-electron chi connectivity index (χ1n) is 8.13. The van der Waals surface area contributed by atoms with Crippen LogP contribution in [-0.2, 0) is 0 Å². The molecule has 0 bridgehead atoms. The average Bonchev–Trinajstić information content (AvgIpc) is 2.55. The predicted octanol–water partition coefficient (Wildman–Crippen LogP) is 5.54. The van der Waals surface area contributed by atoms with Gasteiger partial charge in [-0.2, -0.15) is 0 Å². The van der Waals surface area contributed by atoms with Crippen LogP contribution in [0.2, 0.25) is 0 Å². The van der Waals surface area contributed by atoms with Gasteiger partial charge < -0.3 is 5.32 Å². The molecule has 19 heavy (non-hydrogen) atoms. The summed E-state index contributed by atoms with van der Waals surface area (Å²) in [6, 6.07) is 8.97. The maximum Gasteiger partial charge on any atom is 0.00201 e. The van der Waals surface area contributed by atoms with Crippen LogP contribution in [0.25, 0.3) is 0 Å². The van der Waals surface area contributed by atoms with E-state index in [2.05, 4.69) is 36.5 Å². The van der Waals surface area contributed by atoms with E-state index in [1.54, 1.807) is 0 Å². The largest absolute Gasteiger partial charge is 0.316 e. The molecule has 0 radical (unpaired) electrons. The molecule has 1 atom stereocenters. The molecule has 112 valence electrons. The van der Waals surface area contributed by atoms with E-state index < -0.39 is 0 Å². The molecule has 1 aliphatic rings. The molecule has 1 saturated heterocycles. The zero-order valence-corrected chi connectivity index (χ0v) is 14.2. The maximum atomic E-state index is 3.45. The zero-order chi connectivity index (χ0) is 15.1. The number of hydrogen-bond acceptors (Lipinski definition) is 1. The van der Waals surface area contributed by atoms with E-state index in [1.165, 1.54) is 30.5 Å². The predicted molar refractivity (Wildman–Crippen MR) is 90.1 cm³/mol. The third-order valence-corrected chi connectivity index (χ3v) is 2.85. The molecule has 1 N–H and O–H groups in total. The van der Waals surface area contributed by atoms with E-state index in [0.29, 0.717) is 0 Å². The zero-order valence-electron chi connectivity index (χ0n) is 14.2. The van der Waals surface area contributed by atoms with Gasteiger partial charge in [0.25, 0.3) is 0 Å². The summed E-state index contributed by atoms with van der Waals surface area (Å²) in [6.07, 6.45) is 2.66. The highest BCUT2D eigenvalue weighted by Gasteiger charge is 2.13. The third kappa shape index (κ3) is 8.83. The Hall–Kier alpha value is -0.820. The van der Waals surface area contributed by atoms with E-state index in [0.717, 1.165) is 12.5 Å². The summed E-state index contributed by atoms with van der Waals surface area (Å²) in [6.45, 7) is 16.5. The van der Waals surface area contributed by atoms with Gasteiger partial charge in [0, 0.05) is 6.54 Å². The lowest BCUT2D eigenvalue weighted by Crippen LogP contribution is -2.28. The Balaban J connectivity index is 0. The van der Waals surface area contributed by atoms with Crippen LogP contribution in [0.5, 0.6) is 0 Å². The smallest absolute Gasteiger partial charge is 0.00201 e. The lowest BCUT2D eigenvalue weighted by molar-refractivity contribution is 0.461. The first-order chi connectivity index (χ1) is 9.36. The van der Waals surface area contributed by atoms with Crippen molar-refractivity contribution in [1.82, 2.24) is 5.32 Å². The number of benzene rings is 1. The number of nitrogens with one attached hydrogen (secondary N) is 1. The van der Waals surface area contributed by atoms with Gasteiger partial charge in [-0.05, 0) is 37.8 Å². The first-order valence-corrected chi connectivity index (χ1v) is 8.13. The second-order valence-corrected chi connectivity index (χ2v) is 3.95. The van der Waals surface area contributed by atoms with Crippen LogP contribution in [0.3, 0.4) is 0 Å². The molecule has 1 unspecified atom stereocenters. The van der Waals surface area contributed by atoms with Crippen LogP contribution in [0.15, 0.2) is 24.3 Å². The van der Waals surface area contributed by atoms with Crippen LogP contribution < -0.4 is 5.32 Å². The van der Waals surface area contributed by atoms with Crippen molar-refractivity contribution >= 4 is 0 Å². The first kappa shape index (κ1) is 20.5. The van der Waals surface area contributed by atoms with Gasteiger partial charge in [0.15, 0.2) is 0 Å². The molecule has 0 amide bonds. The van der Waals surface area contributed by atoms with E-state index in [9.17, 15) is 0 Å². The lowest BCUT2D eigenvalue weighted by Gasteiger charge is -2.23. The number of hydrogen-bond donors (Lipinski definition) is 1. The van der Waals surface area contributed by atoms with Crippen LogP contribution in [0.4, 0.5) is 0 Å². The summed E-state index contributed by atoms with van der Waals surface area (Å²) < 4.78 is 0. The second kappa shape index (κ2) is 15.2. The molecule has 1 aliphatic heterocycles. The Morgan fingerprint density at radius 2 is 1.42 bits per heavy atom. The van der Waals surface area contributed by atoms with Gasteiger partial charge in [-0.15, -0.1) is 0 Å². The molecule has 1 fully saturated rings. The van der Waals surface area contributed by atoms with Crippen LogP contribution in [0.1, 0.15) is 71.4 Å². The van der Waals surface area contributed by atoms with Crippen molar-refractivity contribution in [1.29, 1.82) is 0 Å². The molecule has 1 aromatic carbocycles. The second-order valence-electron chi connectivity index (χ2n) is 3.95. The van der Waals surface area contributed by atoms with Gasteiger partial charge in [0.1, 0.15) is 0 Å². The van der Waals surface area contributed by atoms with Crippen LogP contribution >= 0.6 is 0 Å². The standard InChI is InChI=1S/C12H17N.3C2H6/c1-10-4-6-11(7-5-10)12-3-2-8-13-9-12;3*1-2/h4-7,12-13H,2-3,8-9H2,1H3;3*1-2H3. The fraction of sp³-hybridized carbons (Fsp3) is 0.667. The van der Waals surface area contributed by atoms with E-state index in [4.69, 9.17) is 0 Å². The highest BCUT2D eigenvalue weighted by atomic mass is 14.9. The maximum absolute atomic E-state index is 3.45. The Morgan fingerprint density at radius 3 is 1.84 bits per heavy atom. The molecule has 1 heterocycles. The average molecular weight is 265 g/mol. The molecule has 1 nitrogen and oxygen atoms in total. The number of rotatable bonds is 1. The van der Waals surface area contributed by atoms with Crippen molar-refractivity contribution in [2.24, 2.45) is 0 Å². The minimum atomic E-state index is 0.745. The summed E-state index contributed by atoms with van der Waals surface area (Å²) in [5, 5.41) is 3.45. The molecule has 1 heteroatoms. The number of piperidine rings is 1. The van der Waals surface area contributed by atoms with Crippen molar-refractivity contribution < 1.29 is 0 Å². The quantitative estimate of drug-likeness (QED) is 0.703. The van der Waals surface area contributed by atoms with Crippen molar-refractivity contribution in [3.8, 4) is 0 Å². The van der Waals surface area contributed by atoms with E-state index in [1.807, 2.05) is 41.5 Å². The van der Waals surface area contributed by atoms with Crippen LogP contribution in [0, 0.1) is 6.92 Å². The molecule has 2 rings (SSSR count). The topological polar surface area (TPSA) is 12.0 Å².